The molecule has 0 spiro atoms. The Morgan fingerprint density at radius 1 is 1.15 bits per heavy atom. The Bertz CT molecular complexity index is 1090. The van der Waals surface area contributed by atoms with Crippen LogP contribution < -0.4 is 15.4 Å². The second kappa shape index (κ2) is 10.1. The molecule has 1 fully saturated rings. The van der Waals surface area contributed by atoms with Gasteiger partial charge in [0, 0.05) is 18.4 Å². The van der Waals surface area contributed by atoms with Crippen LogP contribution in [0.4, 0.5) is 20.6 Å². The van der Waals surface area contributed by atoms with Gasteiger partial charge in [-0.1, -0.05) is 6.07 Å². The molecular weight excluding hydrogens is 445 g/mol. The zero-order valence-corrected chi connectivity index (χ0v) is 18.9. The summed E-state index contributed by atoms with van der Waals surface area (Å²) >= 11 is 0. The predicted molar refractivity (Wildman–Crippen MR) is 121 cm³/mol. The van der Waals surface area contributed by atoms with Gasteiger partial charge in [0.2, 0.25) is 0 Å². The molecule has 2 aromatic rings. The Labute approximate surface area is 196 Å². The van der Waals surface area contributed by atoms with E-state index < -0.39 is 11.8 Å². The molecule has 180 valence electrons. The number of urea groups is 1. The second-order valence-corrected chi connectivity index (χ2v) is 8.25. The number of methoxy groups -OCH3 is 1. The van der Waals surface area contributed by atoms with Gasteiger partial charge in [0.25, 0.3) is 5.91 Å². The van der Waals surface area contributed by atoms with Crippen molar-refractivity contribution in [3.8, 4) is 5.75 Å². The van der Waals surface area contributed by atoms with Crippen LogP contribution in [0.2, 0.25) is 0 Å². The number of amides is 3. The summed E-state index contributed by atoms with van der Waals surface area (Å²) in [4.78, 5) is 38.8. The number of halogens is 1. The van der Waals surface area contributed by atoms with Crippen LogP contribution in [0.1, 0.15) is 29.6 Å². The van der Waals surface area contributed by atoms with E-state index in [4.69, 9.17) is 14.2 Å². The van der Waals surface area contributed by atoms with Gasteiger partial charge in [0.05, 0.1) is 31.2 Å². The number of nitrogens with one attached hydrogen (secondary N) is 2. The molecule has 0 aromatic heterocycles. The van der Waals surface area contributed by atoms with Crippen LogP contribution in [0.5, 0.6) is 5.75 Å². The monoisotopic (exact) mass is 471 g/mol. The van der Waals surface area contributed by atoms with Gasteiger partial charge in [-0.05, 0) is 49.2 Å². The summed E-state index contributed by atoms with van der Waals surface area (Å²) in [7, 11) is 3.04. The highest BCUT2D eigenvalue weighted by atomic mass is 19.1. The molecule has 2 aliphatic heterocycles. The lowest BCUT2D eigenvalue weighted by molar-refractivity contribution is -0.151. The number of benzene rings is 2. The van der Waals surface area contributed by atoms with Gasteiger partial charge in [0.15, 0.2) is 0 Å². The zero-order chi connectivity index (χ0) is 24.2. The van der Waals surface area contributed by atoms with Crippen LogP contribution >= 0.6 is 0 Å². The van der Waals surface area contributed by atoms with E-state index in [1.54, 1.807) is 36.2 Å². The van der Waals surface area contributed by atoms with Gasteiger partial charge in [0.1, 0.15) is 24.3 Å². The number of carbonyl (C=O) groups excluding carboxylic acids is 3. The number of carbonyl (C=O) groups is 3. The number of hydrogen-bond donors (Lipinski definition) is 2. The second-order valence-electron chi connectivity index (χ2n) is 8.25. The van der Waals surface area contributed by atoms with E-state index in [9.17, 15) is 18.8 Å². The lowest BCUT2D eigenvalue weighted by atomic mass is 9.94. The first kappa shape index (κ1) is 23.5. The van der Waals surface area contributed by atoms with Crippen LogP contribution in [-0.4, -0.2) is 61.8 Å². The maximum atomic E-state index is 13.3. The Kier molecular flexibility index (Phi) is 6.97. The van der Waals surface area contributed by atoms with Crippen molar-refractivity contribution in [2.45, 2.75) is 37.5 Å². The van der Waals surface area contributed by atoms with E-state index in [-0.39, 0.29) is 43.2 Å². The number of nitrogens with zero attached hydrogens (tertiary/aromatic N) is 1. The molecule has 3 amide bonds. The predicted octanol–water partition coefficient (Wildman–Crippen LogP) is 3.41. The molecule has 1 saturated heterocycles. The van der Waals surface area contributed by atoms with Gasteiger partial charge in [-0.3, -0.25) is 9.59 Å². The molecule has 0 unspecified atom stereocenters. The van der Waals surface area contributed by atoms with E-state index in [2.05, 4.69) is 10.6 Å². The van der Waals surface area contributed by atoms with Crippen LogP contribution in [0.3, 0.4) is 0 Å². The number of hydrogen-bond acceptors (Lipinski definition) is 6. The molecule has 0 saturated carbocycles. The highest BCUT2D eigenvalue weighted by Gasteiger charge is 2.39. The third kappa shape index (κ3) is 5.28. The van der Waals surface area contributed by atoms with Crippen molar-refractivity contribution in [3.05, 3.63) is 53.8 Å². The van der Waals surface area contributed by atoms with E-state index in [0.717, 1.165) is 0 Å². The van der Waals surface area contributed by atoms with Crippen molar-refractivity contribution in [2.24, 2.45) is 0 Å². The molecule has 0 radical (unpaired) electrons. The fraction of sp³-hybridized carbons (Fsp3) is 0.375. The van der Waals surface area contributed by atoms with Gasteiger partial charge in [-0.2, -0.15) is 0 Å². The number of rotatable bonds is 4. The fourth-order valence-corrected chi connectivity index (χ4v) is 4.23. The minimum absolute atomic E-state index is 0.153. The maximum Gasteiger partial charge on any atom is 0.323 e. The van der Waals surface area contributed by atoms with Crippen LogP contribution in [0.15, 0.2) is 42.5 Å². The third-order valence-corrected chi connectivity index (χ3v) is 5.97. The topological polar surface area (TPSA) is 106 Å². The van der Waals surface area contributed by atoms with E-state index >= 15 is 0 Å². The summed E-state index contributed by atoms with van der Waals surface area (Å²) in [6.07, 6.45) is 0.744. The molecule has 2 aliphatic rings. The van der Waals surface area contributed by atoms with Gasteiger partial charge in [-0.25, -0.2) is 9.18 Å². The zero-order valence-electron chi connectivity index (χ0n) is 18.9. The number of likely N-dealkylation sites (N-methyl/N-ethyl adjacent to an activating group) is 1. The van der Waals surface area contributed by atoms with Crippen molar-refractivity contribution >= 4 is 29.3 Å². The molecule has 10 heteroatoms. The summed E-state index contributed by atoms with van der Waals surface area (Å²) in [6.45, 7) is 0.208. The Balaban J connectivity index is 1.47. The standard InChI is InChI=1S/C24H26FN3O6/c1-28-19-8-7-17(12-22(29)32-2)34-21(19)13-33-20-9-6-16(11-18(20)23(28)30)27-24(31)26-15-5-3-4-14(25)10-15/h3-6,9-11,17,19,21H,7-8,12-13H2,1-2H3,(H2,26,27,31)/t17-,19+,21+/m0/s1. The van der Waals surface area contributed by atoms with Gasteiger partial charge >= 0.3 is 12.0 Å². The summed E-state index contributed by atoms with van der Waals surface area (Å²) in [6, 6.07) is 9.50. The average molecular weight is 471 g/mol. The number of esters is 1. The maximum absolute atomic E-state index is 13.3. The summed E-state index contributed by atoms with van der Waals surface area (Å²) in [5.41, 5.74) is 0.992. The van der Waals surface area contributed by atoms with E-state index in [1.165, 1.54) is 25.3 Å². The van der Waals surface area contributed by atoms with E-state index in [0.29, 0.717) is 35.5 Å². The first-order valence-electron chi connectivity index (χ1n) is 10.9. The van der Waals surface area contributed by atoms with Crippen molar-refractivity contribution < 1.29 is 33.0 Å². The molecule has 4 rings (SSSR count). The van der Waals surface area contributed by atoms with Crippen molar-refractivity contribution in [1.82, 2.24) is 4.90 Å². The van der Waals surface area contributed by atoms with E-state index in [1.807, 2.05) is 0 Å². The minimum atomic E-state index is -0.574. The molecule has 9 nitrogen and oxygen atoms in total. The fourth-order valence-electron chi connectivity index (χ4n) is 4.23. The molecule has 2 N–H and O–H groups in total. The molecule has 0 bridgehead atoms. The minimum Gasteiger partial charge on any atom is -0.490 e. The van der Waals surface area contributed by atoms with Crippen molar-refractivity contribution in [3.63, 3.8) is 0 Å². The van der Waals surface area contributed by atoms with Gasteiger partial charge in [-0.15, -0.1) is 0 Å². The lowest BCUT2D eigenvalue weighted by Gasteiger charge is -2.42. The highest BCUT2D eigenvalue weighted by molar-refractivity contribution is 6.02. The Morgan fingerprint density at radius 2 is 1.91 bits per heavy atom. The smallest absolute Gasteiger partial charge is 0.323 e. The Hall–Kier alpha value is -3.66. The summed E-state index contributed by atoms with van der Waals surface area (Å²) in [5.74, 6) is -0.711. The summed E-state index contributed by atoms with van der Waals surface area (Å²) in [5, 5.41) is 5.20. The lowest BCUT2D eigenvalue weighted by Crippen LogP contribution is -2.53. The molecule has 2 heterocycles. The average Bonchev–Trinajstić information content (AvgIpc) is 2.81. The molecule has 2 aromatic carbocycles. The molecular formula is C24H26FN3O6. The van der Waals surface area contributed by atoms with Crippen LogP contribution in [-0.2, 0) is 14.3 Å². The van der Waals surface area contributed by atoms with Gasteiger partial charge < -0.3 is 29.7 Å². The number of fused-ring (bicyclic) bond motifs is 2. The number of anilines is 2. The van der Waals surface area contributed by atoms with Crippen molar-refractivity contribution in [1.29, 1.82) is 0 Å². The first-order chi connectivity index (χ1) is 16.3. The quantitative estimate of drug-likeness (QED) is 0.662. The molecule has 34 heavy (non-hydrogen) atoms. The summed E-state index contributed by atoms with van der Waals surface area (Å²) < 4.78 is 30.0. The number of ether oxygens (including phenoxy) is 3. The van der Waals surface area contributed by atoms with Crippen LogP contribution in [0, 0.1) is 5.82 Å². The van der Waals surface area contributed by atoms with Crippen LogP contribution in [0.25, 0.3) is 0 Å². The Morgan fingerprint density at radius 3 is 2.65 bits per heavy atom. The largest absolute Gasteiger partial charge is 0.490 e. The third-order valence-electron chi connectivity index (χ3n) is 5.97. The first-order valence-corrected chi connectivity index (χ1v) is 10.9. The normalized spacial score (nSPS) is 21.8. The highest BCUT2D eigenvalue weighted by Crippen LogP contribution is 2.32. The van der Waals surface area contributed by atoms with Crippen molar-refractivity contribution in [2.75, 3.05) is 31.4 Å². The molecule has 3 atom stereocenters. The SMILES string of the molecule is COC(=O)C[C@@H]1CC[C@@H]2[C@@H](COc3ccc(NC(=O)Nc4cccc(F)c4)cc3C(=O)N2C)O1. The molecule has 0 aliphatic carbocycles.